The molecule has 4 heterocycles. The molecule has 0 amide bonds. The Morgan fingerprint density at radius 2 is 1.83 bits per heavy atom. The lowest BCUT2D eigenvalue weighted by Gasteiger charge is -2.44. The summed E-state index contributed by atoms with van der Waals surface area (Å²) in [5, 5.41) is 3.85. The van der Waals surface area contributed by atoms with Crippen LogP contribution < -0.4 is 5.32 Å². The summed E-state index contributed by atoms with van der Waals surface area (Å²) in [6, 6.07) is 0.424. The summed E-state index contributed by atoms with van der Waals surface area (Å²) in [5.74, 6) is 2.23. The maximum Gasteiger partial charge on any atom is 0.0665 e. The first-order valence-electron chi connectivity index (χ1n) is 12.5. The second kappa shape index (κ2) is 9.12. The first-order valence-corrected chi connectivity index (χ1v) is 12.5. The van der Waals surface area contributed by atoms with Crippen molar-refractivity contribution in [1.29, 1.82) is 0 Å². The molecule has 0 radical (unpaired) electrons. The molecule has 5 atom stereocenters. The average molecular weight is 407 g/mol. The van der Waals surface area contributed by atoms with E-state index in [4.69, 9.17) is 14.2 Å². The molecule has 2 unspecified atom stereocenters. The standard InChI is InChI=1S/C24H42N2O3/c1-18-14-26-12-10-24(17-27-13-11-25-24)23(26)16-28-20-8-6-19(7-9-20)21-4-2-3-5-22(21)29-15-18/h18-23,25H,2-17H2,1H3/t18-,19?,20?,21?,22?,23-,24+/m1/s1. The zero-order valence-electron chi connectivity index (χ0n) is 18.4. The van der Waals surface area contributed by atoms with E-state index in [1.54, 1.807) is 0 Å². The Morgan fingerprint density at radius 1 is 0.966 bits per heavy atom. The first kappa shape index (κ1) is 20.7. The van der Waals surface area contributed by atoms with Crippen molar-refractivity contribution < 1.29 is 14.2 Å². The van der Waals surface area contributed by atoms with E-state index in [-0.39, 0.29) is 5.54 Å². The van der Waals surface area contributed by atoms with Gasteiger partial charge >= 0.3 is 0 Å². The molecule has 2 saturated carbocycles. The van der Waals surface area contributed by atoms with Gasteiger partial charge in [-0.1, -0.05) is 19.8 Å². The summed E-state index contributed by atoms with van der Waals surface area (Å²) >= 11 is 0. The van der Waals surface area contributed by atoms with E-state index in [1.807, 2.05) is 0 Å². The Labute approximate surface area is 177 Å². The fourth-order valence-corrected chi connectivity index (χ4v) is 7.07. The van der Waals surface area contributed by atoms with Crippen LogP contribution >= 0.6 is 0 Å². The number of morpholine rings is 1. The van der Waals surface area contributed by atoms with Gasteiger partial charge in [-0.15, -0.1) is 0 Å². The molecule has 1 N–H and O–H groups in total. The second-order valence-electron chi connectivity index (χ2n) is 10.7. The van der Waals surface area contributed by atoms with Gasteiger partial charge in [0.05, 0.1) is 50.2 Å². The van der Waals surface area contributed by atoms with Crippen LogP contribution in [0.3, 0.4) is 0 Å². The van der Waals surface area contributed by atoms with Gasteiger partial charge in [0.2, 0.25) is 0 Å². The predicted molar refractivity (Wildman–Crippen MR) is 114 cm³/mol. The van der Waals surface area contributed by atoms with E-state index in [0.717, 1.165) is 57.9 Å². The fraction of sp³-hybridized carbons (Fsp3) is 1.00. The number of hydrogen-bond donors (Lipinski definition) is 1. The van der Waals surface area contributed by atoms with Crippen LogP contribution in [0.25, 0.3) is 0 Å². The van der Waals surface area contributed by atoms with Gasteiger partial charge in [0.1, 0.15) is 0 Å². The van der Waals surface area contributed by atoms with Crippen LogP contribution in [0.5, 0.6) is 0 Å². The highest BCUT2D eigenvalue weighted by molar-refractivity contribution is 5.07. The summed E-state index contributed by atoms with van der Waals surface area (Å²) in [7, 11) is 0. The topological polar surface area (TPSA) is 43.0 Å². The maximum atomic E-state index is 6.64. The van der Waals surface area contributed by atoms with Gasteiger partial charge in [-0.3, -0.25) is 4.90 Å². The Morgan fingerprint density at radius 3 is 2.66 bits per heavy atom. The highest BCUT2D eigenvalue weighted by Crippen LogP contribution is 2.41. The first-order chi connectivity index (χ1) is 14.2. The SMILES string of the molecule is C[C@H]1COC2CCCCC2C2CCC(CC2)OC[C@H]2N(CC[C@]23COCCN3)C1. The molecule has 2 aliphatic carbocycles. The molecule has 4 aliphatic heterocycles. The molecule has 6 rings (SSSR count). The molecule has 5 heteroatoms. The third-order valence-electron chi connectivity index (χ3n) is 8.72. The highest BCUT2D eigenvalue weighted by atomic mass is 16.5. The van der Waals surface area contributed by atoms with Crippen molar-refractivity contribution in [2.24, 2.45) is 17.8 Å². The quantitative estimate of drug-likeness (QED) is 0.669. The van der Waals surface area contributed by atoms with Crippen LogP contribution in [0.2, 0.25) is 0 Å². The van der Waals surface area contributed by atoms with Crippen LogP contribution in [-0.2, 0) is 14.2 Å². The molecule has 0 aromatic rings. The van der Waals surface area contributed by atoms with Crippen molar-refractivity contribution in [3.8, 4) is 0 Å². The van der Waals surface area contributed by atoms with Crippen LogP contribution in [0.1, 0.15) is 64.7 Å². The fourth-order valence-electron chi connectivity index (χ4n) is 7.07. The Kier molecular flexibility index (Phi) is 6.50. The third-order valence-corrected chi connectivity index (χ3v) is 8.72. The summed E-state index contributed by atoms with van der Waals surface area (Å²) < 4.78 is 19.2. The lowest BCUT2D eigenvalue weighted by atomic mass is 9.71. The van der Waals surface area contributed by atoms with Gasteiger partial charge in [0.15, 0.2) is 0 Å². The number of nitrogens with zero attached hydrogens (tertiary/aromatic N) is 1. The Hall–Kier alpha value is -0.200. The average Bonchev–Trinajstić information content (AvgIpc) is 3.07. The number of ether oxygens (including phenoxy) is 3. The number of fused-ring (bicyclic) bond motifs is 6. The number of hydrogen-bond acceptors (Lipinski definition) is 5. The largest absolute Gasteiger partial charge is 0.378 e. The molecule has 29 heavy (non-hydrogen) atoms. The predicted octanol–water partition coefficient (Wildman–Crippen LogP) is 3.22. The summed E-state index contributed by atoms with van der Waals surface area (Å²) in [6.45, 7) is 9.05. The van der Waals surface area contributed by atoms with Crippen molar-refractivity contribution in [1.82, 2.24) is 10.2 Å². The van der Waals surface area contributed by atoms with E-state index >= 15 is 0 Å². The van der Waals surface area contributed by atoms with Gasteiger partial charge < -0.3 is 19.5 Å². The monoisotopic (exact) mass is 406 g/mol. The van der Waals surface area contributed by atoms with Crippen LogP contribution in [0.15, 0.2) is 0 Å². The van der Waals surface area contributed by atoms with Crippen LogP contribution in [-0.4, -0.2) is 74.8 Å². The molecule has 6 fully saturated rings. The Balaban J connectivity index is 1.32. The normalized spacial score (nSPS) is 47.5. The van der Waals surface area contributed by atoms with E-state index in [2.05, 4.69) is 17.1 Å². The van der Waals surface area contributed by atoms with Gasteiger partial charge in [0.25, 0.3) is 0 Å². The van der Waals surface area contributed by atoms with E-state index in [1.165, 1.54) is 57.8 Å². The lowest BCUT2D eigenvalue weighted by Crippen LogP contribution is -2.63. The molecule has 0 aromatic carbocycles. The van der Waals surface area contributed by atoms with Crippen molar-refractivity contribution in [3.05, 3.63) is 0 Å². The zero-order chi connectivity index (χ0) is 19.7. The molecule has 1 spiro atoms. The van der Waals surface area contributed by atoms with Gasteiger partial charge in [0, 0.05) is 19.6 Å². The number of rotatable bonds is 0. The minimum atomic E-state index is 0.0849. The third kappa shape index (κ3) is 4.41. The second-order valence-corrected chi connectivity index (χ2v) is 10.7. The summed E-state index contributed by atoms with van der Waals surface area (Å²) in [4.78, 5) is 2.69. The zero-order valence-corrected chi connectivity index (χ0v) is 18.4. The maximum absolute atomic E-state index is 6.64. The van der Waals surface area contributed by atoms with E-state index < -0.39 is 0 Å². The van der Waals surface area contributed by atoms with Crippen LogP contribution in [0, 0.1) is 17.8 Å². The van der Waals surface area contributed by atoms with Crippen molar-refractivity contribution in [2.45, 2.75) is 88.5 Å². The van der Waals surface area contributed by atoms with Gasteiger partial charge in [-0.05, 0) is 62.7 Å². The molecule has 4 saturated heterocycles. The summed E-state index contributed by atoms with van der Waals surface area (Å²) in [6.07, 6.45) is 12.7. The van der Waals surface area contributed by atoms with E-state index in [0.29, 0.717) is 24.2 Å². The molecule has 6 aliphatic rings. The van der Waals surface area contributed by atoms with Gasteiger partial charge in [-0.25, -0.2) is 0 Å². The van der Waals surface area contributed by atoms with Crippen molar-refractivity contribution in [3.63, 3.8) is 0 Å². The van der Waals surface area contributed by atoms with Crippen molar-refractivity contribution >= 4 is 0 Å². The summed E-state index contributed by atoms with van der Waals surface area (Å²) in [5.41, 5.74) is 0.0849. The smallest absolute Gasteiger partial charge is 0.0665 e. The molecule has 5 nitrogen and oxygen atoms in total. The minimum Gasteiger partial charge on any atom is -0.378 e. The van der Waals surface area contributed by atoms with Crippen molar-refractivity contribution in [2.75, 3.05) is 46.1 Å². The van der Waals surface area contributed by atoms with Crippen LogP contribution in [0.4, 0.5) is 0 Å². The number of nitrogens with one attached hydrogen (secondary N) is 1. The molecule has 166 valence electrons. The molecule has 2 bridgehead atoms. The molecular formula is C24H42N2O3. The van der Waals surface area contributed by atoms with E-state index in [9.17, 15) is 0 Å². The molecular weight excluding hydrogens is 364 g/mol. The Bertz CT molecular complexity index is 530. The van der Waals surface area contributed by atoms with Gasteiger partial charge in [-0.2, -0.15) is 0 Å². The minimum absolute atomic E-state index is 0.0849. The lowest BCUT2D eigenvalue weighted by molar-refractivity contribution is -0.0824. The molecule has 0 aromatic heterocycles. The highest BCUT2D eigenvalue weighted by Gasteiger charge is 2.49.